The van der Waals surface area contributed by atoms with Crippen LogP contribution in [0.15, 0.2) is 45.6 Å². The summed E-state index contributed by atoms with van der Waals surface area (Å²) in [5.41, 5.74) is 0. The third kappa shape index (κ3) is 4.81. The van der Waals surface area contributed by atoms with Gasteiger partial charge >= 0.3 is 0 Å². The minimum Gasteiger partial charge on any atom is -0.550 e. The molecule has 0 aliphatic rings. The molecule has 3 N–H and O–H groups in total. The number of quaternary nitrogens is 1. The second-order valence-electron chi connectivity index (χ2n) is 4.50. The first-order chi connectivity index (χ1) is 10.1. The maximum absolute atomic E-state index is 12.0. The van der Waals surface area contributed by atoms with E-state index >= 15 is 0 Å². The van der Waals surface area contributed by atoms with E-state index in [1.807, 2.05) is 0 Å². The Morgan fingerprint density at radius 2 is 1.86 bits per heavy atom. The maximum atomic E-state index is 12.0. The fraction of sp³-hybridized carbons (Fsp3) is 0.286. The van der Waals surface area contributed by atoms with Crippen LogP contribution in [-0.4, -0.2) is 17.9 Å². The molecule has 0 aliphatic carbocycles. The van der Waals surface area contributed by atoms with Gasteiger partial charge in [0.2, 0.25) is 0 Å². The molecular formula is C14H16N2O5. The number of aliphatic carboxylic acids is 1. The highest BCUT2D eigenvalue weighted by Gasteiger charge is 2.22. The zero-order chi connectivity index (χ0) is 15.1. The zero-order valence-corrected chi connectivity index (χ0v) is 11.3. The highest BCUT2D eigenvalue weighted by atomic mass is 16.4. The van der Waals surface area contributed by atoms with Crippen LogP contribution >= 0.6 is 0 Å². The quantitative estimate of drug-likeness (QED) is 0.632. The Morgan fingerprint density at radius 1 is 1.19 bits per heavy atom. The molecule has 0 fully saturated rings. The van der Waals surface area contributed by atoms with Crippen molar-refractivity contribution in [2.75, 3.05) is 0 Å². The Hall–Kier alpha value is -2.54. The highest BCUT2D eigenvalue weighted by Crippen LogP contribution is 1.99. The number of carboxylic acids is 1. The second kappa shape index (κ2) is 7.30. The fourth-order valence-corrected chi connectivity index (χ4v) is 1.87. The van der Waals surface area contributed by atoms with Crippen LogP contribution in [0.2, 0.25) is 0 Å². The van der Waals surface area contributed by atoms with Gasteiger partial charge in [0.25, 0.3) is 5.91 Å². The van der Waals surface area contributed by atoms with Crippen LogP contribution in [0.25, 0.3) is 0 Å². The number of carbonyl (C=O) groups excluding carboxylic acids is 2. The summed E-state index contributed by atoms with van der Waals surface area (Å²) in [6.07, 6.45) is 2.65. The van der Waals surface area contributed by atoms with Gasteiger partial charge < -0.3 is 29.4 Å². The lowest BCUT2D eigenvalue weighted by molar-refractivity contribution is -0.693. The Morgan fingerprint density at radius 3 is 2.43 bits per heavy atom. The lowest BCUT2D eigenvalue weighted by Gasteiger charge is -2.15. The number of carbonyl (C=O) groups is 2. The van der Waals surface area contributed by atoms with E-state index in [9.17, 15) is 14.7 Å². The van der Waals surface area contributed by atoms with E-state index in [2.05, 4.69) is 5.32 Å². The molecule has 0 saturated carbocycles. The second-order valence-corrected chi connectivity index (χ2v) is 4.50. The number of carboxylic acid groups (broad SMARTS) is 1. The van der Waals surface area contributed by atoms with Gasteiger partial charge in [-0.05, 0) is 24.3 Å². The van der Waals surface area contributed by atoms with Crippen molar-refractivity contribution in [3.63, 3.8) is 0 Å². The van der Waals surface area contributed by atoms with E-state index in [-0.39, 0.29) is 18.9 Å². The monoisotopic (exact) mass is 292 g/mol. The van der Waals surface area contributed by atoms with Crippen LogP contribution < -0.4 is 15.7 Å². The molecule has 7 nitrogen and oxygen atoms in total. The van der Waals surface area contributed by atoms with Crippen molar-refractivity contribution >= 4 is 11.9 Å². The lowest BCUT2D eigenvalue weighted by atomic mass is 10.2. The van der Waals surface area contributed by atoms with Gasteiger partial charge in [-0.25, -0.2) is 0 Å². The topological polar surface area (TPSA) is 112 Å². The number of rotatable bonds is 8. The predicted octanol–water partition coefficient (Wildman–Crippen LogP) is -1.24. The van der Waals surface area contributed by atoms with Crippen LogP contribution in [0.1, 0.15) is 17.9 Å². The van der Waals surface area contributed by atoms with Crippen LogP contribution in [0.4, 0.5) is 0 Å². The van der Waals surface area contributed by atoms with Gasteiger partial charge in [0.1, 0.15) is 12.3 Å². The van der Waals surface area contributed by atoms with Crippen molar-refractivity contribution in [1.29, 1.82) is 0 Å². The van der Waals surface area contributed by atoms with Crippen molar-refractivity contribution < 1.29 is 28.8 Å². The van der Waals surface area contributed by atoms with Gasteiger partial charge in [-0.3, -0.25) is 4.79 Å². The Balaban J connectivity index is 1.87. The molecule has 7 heteroatoms. The predicted molar refractivity (Wildman–Crippen MR) is 68.3 cm³/mol. The van der Waals surface area contributed by atoms with Crippen molar-refractivity contribution in [2.45, 2.75) is 25.6 Å². The summed E-state index contributed by atoms with van der Waals surface area (Å²) in [4.78, 5) is 22.8. The summed E-state index contributed by atoms with van der Waals surface area (Å²) in [6, 6.07) is 6.14. The first-order valence-corrected chi connectivity index (χ1v) is 6.51. The molecule has 2 aromatic heterocycles. The SMILES string of the molecule is O=C([O-])CC([NH2+]Cc1ccco1)C(=O)NCc1ccco1. The van der Waals surface area contributed by atoms with E-state index in [0.29, 0.717) is 18.1 Å². The van der Waals surface area contributed by atoms with Gasteiger partial charge in [-0.15, -0.1) is 0 Å². The molecular weight excluding hydrogens is 276 g/mol. The average Bonchev–Trinajstić information content (AvgIpc) is 3.13. The van der Waals surface area contributed by atoms with E-state index in [1.54, 1.807) is 29.6 Å². The lowest BCUT2D eigenvalue weighted by Crippen LogP contribution is -2.91. The molecule has 1 atom stereocenters. The molecule has 0 aliphatic heterocycles. The molecule has 1 unspecified atom stereocenters. The molecule has 2 aromatic rings. The van der Waals surface area contributed by atoms with Crippen molar-refractivity contribution in [3.8, 4) is 0 Å². The molecule has 2 heterocycles. The Kier molecular flexibility index (Phi) is 5.16. The molecule has 0 bridgehead atoms. The minimum absolute atomic E-state index is 0.212. The van der Waals surface area contributed by atoms with Crippen molar-refractivity contribution in [2.24, 2.45) is 0 Å². The molecule has 0 aromatic carbocycles. The number of furan rings is 2. The van der Waals surface area contributed by atoms with Gasteiger partial charge in [0.15, 0.2) is 11.8 Å². The van der Waals surface area contributed by atoms with Crippen LogP contribution in [0.5, 0.6) is 0 Å². The van der Waals surface area contributed by atoms with Gasteiger partial charge in [-0.1, -0.05) is 0 Å². The third-order valence-corrected chi connectivity index (χ3v) is 2.92. The van der Waals surface area contributed by atoms with Crippen molar-refractivity contribution in [1.82, 2.24) is 5.32 Å². The minimum atomic E-state index is -1.27. The summed E-state index contributed by atoms with van der Waals surface area (Å²) < 4.78 is 10.2. The smallest absolute Gasteiger partial charge is 0.279 e. The van der Waals surface area contributed by atoms with Gasteiger partial charge in [0, 0.05) is 12.4 Å². The average molecular weight is 292 g/mol. The first-order valence-electron chi connectivity index (χ1n) is 6.51. The van der Waals surface area contributed by atoms with Gasteiger partial charge in [-0.2, -0.15) is 0 Å². The molecule has 0 saturated heterocycles. The summed E-state index contributed by atoms with van der Waals surface area (Å²) >= 11 is 0. The number of hydrogen-bond donors (Lipinski definition) is 2. The Labute approximate surface area is 120 Å². The normalized spacial score (nSPS) is 12.0. The standard InChI is InChI=1S/C14H16N2O5/c17-13(18)7-12(15-8-10-3-1-5-20-10)14(19)16-9-11-4-2-6-21-11/h1-6,12,15H,7-9H2,(H,16,19)(H,17,18). The molecule has 21 heavy (non-hydrogen) atoms. The molecule has 112 valence electrons. The summed E-state index contributed by atoms with van der Waals surface area (Å²) in [5, 5.41) is 15.0. The fourth-order valence-electron chi connectivity index (χ4n) is 1.87. The number of nitrogens with one attached hydrogen (secondary N) is 1. The van der Waals surface area contributed by atoms with Crippen LogP contribution in [0, 0.1) is 0 Å². The third-order valence-electron chi connectivity index (χ3n) is 2.92. The number of nitrogens with two attached hydrogens (primary N) is 1. The van der Waals surface area contributed by atoms with Gasteiger partial charge in [0.05, 0.1) is 19.1 Å². The largest absolute Gasteiger partial charge is 0.550 e. The zero-order valence-electron chi connectivity index (χ0n) is 11.3. The van der Waals surface area contributed by atoms with E-state index in [1.165, 1.54) is 12.5 Å². The van der Waals surface area contributed by atoms with E-state index < -0.39 is 12.0 Å². The molecule has 2 rings (SSSR count). The summed E-state index contributed by atoms with van der Waals surface area (Å²) in [7, 11) is 0. The molecule has 0 spiro atoms. The molecule has 0 radical (unpaired) electrons. The van der Waals surface area contributed by atoms with Crippen LogP contribution in [-0.2, 0) is 22.7 Å². The molecule has 1 amide bonds. The maximum Gasteiger partial charge on any atom is 0.279 e. The number of amides is 1. The van der Waals surface area contributed by atoms with E-state index in [0.717, 1.165) is 0 Å². The summed E-state index contributed by atoms with van der Waals surface area (Å²) in [5.74, 6) is -0.398. The van der Waals surface area contributed by atoms with Crippen molar-refractivity contribution in [3.05, 3.63) is 48.3 Å². The number of hydrogen-bond acceptors (Lipinski definition) is 5. The highest BCUT2D eigenvalue weighted by molar-refractivity contribution is 5.84. The van der Waals surface area contributed by atoms with Crippen LogP contribution in [0.3, 0.4) is 0 Å². The first kappa shape index (κ1) is 14.9. The Bertz CT molecular complexity index is 562. The summed E-state index contributed by atoms with van der Waals surface area (Å²) in [6.45, 7) is 0.586. The van der Waals surface area contributed by atoms with E-state index in [4.69, 9.17) is 8.83 Å².